The molecule has 1 atom stereocenters. The largest absolute Gasteiger partial charge is 0.508 e. The average Bonchev–Trinajstić information content (AvgIpc) is 2.67. The minimum atomic E-state index is -0.166. The lowest BCUT2D eigenvalue weighted by Crippen LogP contribution is -2.47. The van der Waals surface area contributed by atoms with E-state index in [1.165, 1.54) is 5.56 Å². The van der Waals surface area contributed by atoms with Gasteiger partial charge in [-0.2, -0.15) is 0 Å². The standard InChI is InChI=1S/C21H28ClN3O2/c1-25(14-12-22)19(15-18-7-9-20(26)10-8-18)16-24-21(27)23-13-11-17-5-3-2-4-6-17/h2-10,19,26H,11-16H2,1H3,(H2,23,24,27). The molecular weight excluding hydrogens is 362 g/mol. The molecule has 0 saturated heterocycles. The second-order valence-corrected chi connectivity index (χ2v) is 6.94. The fourth-order valence-electron chi connectivity index (χ4n) is 2.84. The first-order chi connectivity index (χ1) is 13.1. The Morgan fingerprint density at radius 1 is 1.07 bits per heavy atom. The van der Waals surface area contributed by atoms with E-state index in [-0.39, 0.29) is 17.8 Å². The summed E-state index contributed by atoms with van der Waals surface area (Å²) < 4.78 is 0. The summed E-state index contributed by atoms with van der Waals surface area (Å²) in [4.78, 5) is 14.3. The fraction of sp³-hybridized carbons (Fsp3) is 0.381. The van der Waals surface area contributed by atoms with Crippen molar-refractivity contribution in [3.05, 3.63) is 65.7 Å². The third kappa shape index (κ3) is 7.89. The van der Waals surface area contributed by atoms with E-state index in [1.807, 2.05) is 49.5 Å². The zero-order chi connectivity index (χ0) is 19.5. The molecule has 5 nitrogen and oxygen atoms in total. The minimum Gasteiger partial charge on any atom is -0.508 e. The van der Waals surface area contributed by atoms with Crippen LogP contribution in [-0.4, -0.2) is 54.6 Å². The molecule has 0 radical (unpaired) electrons. The van der Waals surface area contributed by atoms with Crippen LogP contribution in [0.3, 0.4) is 0 Å². The lowest BCUT2D eigenvalue weighted by Gasteiger charge is -2.28. The van der Waals surface area contributed by atoms with Crippen LogP contribution in [0.1, 0.15) is 11.1 Å². The highest BCUT2D eigenvalue weighted by molar-refractivity contribution is 6.18. The molecule has 0 aliphatic carbocycles. The molecule has 0 saturated carbocycles. The Morgan fingerprint density at radius 2 is 1.78 bits per heavy atom. The molecule has 0 heterocycles. The topological polar surface area (TPSA) is 64.6 Å². The number of urea groups is 1. The van der Waals surface area contributed by atoms with Gasteiger partial charge in [-0.3, -0.25) is 0 Å². The SMILES string of the molecule is CN(CCCl)C(CNC(=O)NCCc1ccccc1)Cc1ccc(O)cc1. The molecule has 27 heavy (non-hydrogen) atoms. The van der Waals surface area contributed by atoms with Gasteiger partial charge in [0.25, 0.3) is 0 Å². The number of aromatic hydroxyl groups is 1. The smallest absolute Gasteiger partial charge is 0.314 e. The summed E-state index contributed by atoms with van der Waals surface area (Å²) in [6.07, 6.45) is 1.56. The molecule has 0 fully saturated rings. The molecule has 0 aliphatic rings. The number of carbonyl (C=O) groups excluding carboxylic acids is 1. The predicted molar refractivity (Wildman–Crippen MR) is 110 cm³/mol. The monoisotopic (exact) mass is 389 g/mol. The number of alkyl halides is 1. The summed E-state index contributed by atoms with van der Waals surface area (Å²) in [6.45, 7) is 1.85. The lowest BCUT2D eigenvalue weighted by molar-refractivity contribution is 0.224. The number of amides is 2. The van der Waals surface area contributed by atoms with Crippen LogP contribution in [0.4, 0.5) is 4.79 Å². The minimum absolute atomic E-state index is 0.119. The van der Waals surface area contributed by atoms with Crippen molar-refractivity contribution in [3.8, 4) is 5.75 Å². The molecule has 2 aromatic carbocycles. The Balaban J connectivity index is 1.81. The highest BCUT2D eigenvalue weighted by atomic mass is 35.5. The first-order valence-electron chi connectivity index (χ1n) is 9.18. The van der Waals surface area contributed by atoms with Gasteiger partial charge in [-0.25, -0.2) is 4.79 Å². The maximum absolute atomic E-state index is 12.1. The Bertz CT molecular complexity index is 680. The van der Waals surface area contributed by atoms with Gasteiger partial charge in [-0.05, 0) is 43.1 Å². The van der Waals surface area contributed by atoms with Crippen molar-refractivity contribution in [2.75, 3.05) is 32.6 Å². The van der Waals surface area contributed by atoms with E-state index in [0.717, 1.165) is 24.9 Å². The van der Waals surface area contributed by atoms with Crippen LogP contribution in [-0.2, 0) is 12.8 Å². The molecule has 2 amide bonds. The maximum Gasteiger partial charge on any atom is 0.314 e. The van der Waals surface area contributed by atoms with Gasteiger partial charge < -0.3 is 20.6 Å². The molecule has 0 bridgehead atoms. The first kappa shape index (κ1) is 21.1. The second kappa shape index (κ2) is 11.5. The molecule has 0 aliphatic heterocycles. The highest BCUT2D eigenvalue weighted by Crippen LogP contribution is 2.13. The number of halogens is 1. The summed E-state index contributed by atoms with van der Waals surface area (Å²) in [6, 6.07) is 17.2. The summed E-state index contributed by atoms with van der Waals surface area (Å²) >= 11 is 5.88. The van der Waals surface area contributed by atoms with Gasteiger partial charge in [-0.15, -0.1) is 11.6 Å². The van der Waals surface area contributed by atoms with Crippen LogP contribution >= 0.6 is 11.6 Å². The summed E-state index contributed by atoms with van der Waals surface area (Å²) in [5.74, 6) is 0.784. The summed E-state index contributed by atoms with van der Waals surface area (Å²) in [5.41, 5.74) is 2.30. The lowest BCUT2D eigenvalue weighted by atomic mass is 10.0. The number of phenols is 1. The van der Waals surface area contributed by atoms with E-state index < -0.39 is 0 Å². The molecule has 146 valence electrons. The number of benzene rings is 2. The van der Waals surface area contributed by atoms with Crippen molar-refractivity contribution in [3.63, 3.8) is 0 Å². The number of hydrogen-bond acceptors (Lipinski definition) is 3. The highest BCUT2D eigenvalue weighted by Gasteiger charge is 2.16. The molecule has 2 aromatic rings. The molecule has 0 aromatic heterocycles. The van der Waals surface area contributed by atoms with Gasteiger partial charge in [0.1, 0.15) is 5.75 Å². The van der Waals surface area contributed by atoms with Gasteiger partial charge in [-0.1, -0.05) is 42.5 Å². The molecule has 3 N–H and O–H groups in total. The molecular formula is C21H28ClN3O2. The Labute approximate surface area is 166 Å². The van der Waals surface area contributed by atoms with Crippen LogP contribution in [0.2, 0.25) is 0 Å². The number of rotatable bonds is 10. The average molecular weight is 390 g/mol. The Kier molecular flexibility index (Phi) is 8.95. The van der Waals surface area contributed by atoms with Crippen LogP contribution < -0.4 is 10.6 Å². The number of hydrogen-bond donors (Lipinski definition) is 3. The van der Waals surface area contributed by atoms with Crippen molar-refractivity contribution in [1.82, 2.24) is 15.5 Å². The van der Waals surface area contributed by atoms with Crippen LogP contribution in [0.5, 0.6) is 5.75 Å². The number of nitrogens with zero attached hydrogens (tertiary/aromatic N) is 1. The summed E-state index contributed by atoms with van der Waals surface area (Å²) in [5, 5.41) is 15.3. The quantitative estimate of drug-likeness (QED) is 0.547. The summed E-state index contributed by atoms with van der Waals surface area (Å²) in [7, 11) is 2.00. The molecule has 2 rings (SSSR count). The maximum atomic E-state index is 12.1. The van der Waals surface area contributed by atoms with E-state index in [4.69, 9.17) is 11.6 Å². The van der Waals surface area contributed by atoms with Crippen LogP contribution in [0, 0.1) is 0 Å². The zero-order valence-corrected chi connectivity index (χ0v) is 16.5. The number of carbonyl (C=O) groups is 1. The van der Waals surface area contributed by atoms with E-state index >= 15 is 0 Å². The van der Waals surface area contributed by atoms with Crippen molar-refractivity contribution in [2.24, 2.45) is 0 Å². The van der Waals surface area contributed by atoms with Crippen molar-refractivity contribution >= 4 is 17.6 Å². The third-order valence-corrected chi connectivity index (χ3v) is 4.68. The normalized spacial score (nSPS) is 12.0. The van der Waals surface area contributed by atoms with E-state index in [9.17, 15) is 9.90 Å². The Morgan fingerprint density at radius 3 is 2.44 bits per heavy atom. The van der Waals surface area contributed by atoms with Gasteiger partial charge >= 0.3 is 6.03 Å². The predicted octanol–water partition coefficient (Wildman–Crippen LogP) is 3.02. The van der Waals surface area contributed by atoms with E-state index in [2.05, 4.69) is 15.5 Å². The van der Waals surface area contributed by atoms with Crippen molar-refractivity contribution in [2.45, 2.75) is 18.9 Å². The molecule has 0 spiro atoms. The number of likely N-dealkylation sites (N-methyl/N-ethyl adjacent to an activating group) is 1. The first-order valence-corrected chi connectivity index (χ1v) is 9.71. The van der Waals surface area contributed by atoms with E-state index in [0.29, 0.717) is 19.0 Å². The number of nitrogens with one attached hydrogen (secondary N) is 2. The van der Waals surface area contributed by atoms with Gasteiger partial charge in [0.15, 0.2) is 0 Å². The van der Waals surface area contributed by atoms with E-state index in [1.54, 1.807) is 12.1 Å². The van der Waals surface area contributed by atoms with Gasteiger partial charge in [0.05, 0.1) is 0 Å². The van der Waals surface area contributed by atoms with Crippen LogP contribution in [0.25, 0.3) is 0 Å². The second-order valence-electron chi connectivity index (χ2n) is 6.57. The molecule has 1 unspecified atom stereocenters. The third-order valence-electron chi connectivity index (χ3n) is 4.51. The number of phenolic OH excluding ortho intramolecular Hbond substituents is 1. The van der Waals surface area contributed by atoms with Crippen LogP contribution in [0.15, 0.2) is 54.6 Å². The fourth-order valence-corrected chi connectivity index (χ4v) is 3.11. The van der Waals surface area contributed by atoms with Gasteiger partial charge in [0, 0.05) is 31.6 Å². The molecule has 6 heteroatoms. The Hall–Kier alpha value is -2.24. The van der Waals surface area contributed by atoms with Gasteiger partial charge in [0.2, 0.25) is 0 Å². The van der Waals surface area contributed by atoms with Crippen molar-refractivity contribution in [1.29, 1.82) is 0 Å². The van der Waals surface area contributed by atoms with Crippen molar-refractivity contribution < 1.29 is 9.90 Å². The zero-order valence-electron chi connectivity index (χ0n) is 15.7.